The van der Waals surface area contributed by atoms with Crippen molar-refractivity contribution in [2.45, 2.75) is 26.3 Å². The molecule has 0 aromatic heterocycles. The van der Waals surface area contributed by atoms with Crippen molar-refractivity contribution in [2.24, 2.45) is 5.92 Å². The van der Waals surface area contributed by atoms with E-state index in [2.05, 4.69) is 19.2 Å². The highest BCUT2D eigenvalue weighted by atomic mass is 35.5. The minimum Gasteiger partial charge on any atom is -0.497 e. The summed E-state index contributed by atoms with van der Waals surface area (Å²) in [4.78, 5) is 12.5. The van der Waals surface area contributed by atoms with E-state index in [9.17, 15) is 4.79 Å². The van der Waals surface area contributed by atoms with Gasteiger partial charge in [-0.25, -0.2) is 0 Å². The van der Waals surface area contributed by atoms with Gasteiger partial charge in [-0.1, -0.05) is 49.7 Å². The second kappa shape index (κ2) is 8.02. The molecule has 4 heteroatoms. The van der Waals surface area contributed by atoms with Gasteiger partial charge in [0.2, 0.25) is 0 Å². The topological polar surface area (TPSA) is 38.3 Å². The summed E-state index contributed by atoms with van der Waals surface area (Å²) in [6.45, 7) is 4.27. The maximum atomic E-state index is 12.5. The van der Waals surface area contributed by atoms with Gasteiger partial charge < -0.3 is 10.1 Å². The van der Waals surface area contributed by atoms with Crippen molar-refractivity contribution in [1.82, 2.24) is 5.32 Å². The Bertz CT molecular complexity index is 653. The molecule has 3 nitrogen and oxygen atoms in total. The van der Waals surface area contributed by atoms with Gasteiger partial charge in [0.05, 0.1) is 23.7 Å². The zero-order chi connectivity index (χ0) is 16.8. The van der Waals surface area contributed by atoms with Crippen molar-refractivity contribution in [3.63, 3.8) is 0 Å². The number of carbonyl (C=O) groups excluding carboxylic acids is 1. The predicted octanol–water partition coefficient (Wildman–Crippen LogP) is 4.87. The van der Waals surface area contributed by atoms with Crippen molar-refractivity contribution >= 4 is 17.5 Å². The first-order valence-corrected chi connectivity index (χ1v) is 8.08. The molecule has 1 amide bonds. The van der Waals surface area contributed by atoms with Crippen LogP contribution in [-0.2, 0) is 0 Å². The Morgan fingerprint density at radius 1 is 1.13 bits per heavy atom. The molecule has 0 bridgehead atoms. The van der Waals surface area contributed by atoms with Crippen LogP contribution < -0.4 is 10.1 Å². The van der Waals surface area contributed by atoms with E-state index in [4.69, 9.17) is 16.3 Å². The van der Waals surface area contributed by atoms with Gasteiger partial charge in [0, 0.05) is 0 Å². The molecule has 0 heterocycles. The first kappa shape index (κ1) is 17.4. The minimum absolute atomic E-state index is 0.0651. The molecule has 1 atom stereocenters. The summed E-state index contributed by atoms with van der Waals surface area (Å²) < 4.78 is 5.19. The molecule has 2 aromatic carbocycles. The normalized spacial score (nSPS) is 12.0. The average Bonchev–Trinajstić information content (AvgIpc) is 2.54. The van der Waals surface area contributed by atoms with Crippen LogP contribution in [0.2, 0.25) is 5.02 Å². The molecule has 0 saturated carbocycles. The lowest BCUT2D eigenvalue weighted by molar-refractivity contribution is 0.0932. The Hall–Kier alpha value is -2.00. The third-order valence-electron chi connectivity index (χ3n) is 3.65. The molecular weight excluding hydrogens is 310 g/mol. The SMILES string of the molecule is COc1ccc([C@@H](CC(C)C)NC(=O)c2ccccc2Cl)cc1. The zero-order valence-electron chi connectivity index (χ0n) is 13.7. The van der Waals surface area contributed by atoms with Gasteiger partial charge in [0.1, 0.15) is 5.75 Å². The fraction of sp³-hybridized carbons (Fsp3) is 0.316. The van der Waals surface area contributed by atoms with Crippen molar-refractivity contribution in [2.75, 3.05) is 7.11 Å². The Labute approximate surface area is 142 Å². The van der Waals surface area contributed by atoms with E-state index >= 15 is 0 Å². The lowest BCUT2D eigenvalue weighted by Crippen LogP contribution is -2.29. The van der Waals surface area contributed by atoms with Gasteiger partial charge >= 0.3 is 0 Å². The lowest BCUT2D eigenvalue weighted by Gasteiger charge is -2.21. The number of halogens is 1. The summed E-state index contributed by atoms with van der Waals surface area (Å²) >= 11 is 6.12. The number of ether oxygens (including phenoxy) is 1. The number of hydrogen-bond acceptors (Lipinski definition) is 2. The van der Waals surface area contributed by atoms with Crippen LogP contribution in [0.3, 0.4) is 0 Å². The smallest absolute Gasteiger partial charge is 0.253 e. The zero-order valence-corrected chi connectivity index (χ0v) is 14.4. The standard InChI is InChI=1S/C19H22ClNO2/c1-13(2)12-18(14-8-10-15(23-3)11-9-14)21-19(22)16-6-4-5-7-17(16)20/h4-11,13,18H,12H2,1-3H3,(H,21,22)/t18-/m1/s1. The minimum atomic E-state index is -0.155. The number of hydrogen-bond donors (Lipinski definition) is 1. The summed E-state index contributed by atoms with van der Waals surface area (Å²) in [6, 6.07) is 14.8. The summed E-state index contributed by atoms with van der Waals surface area (Å²) in [5.74, 6) is 1.10. The molecule has 1 N–H and O–H groups in total. The molecule has 0 aliphatic carbocycles. The van der Waals surface area contributed by atoms with Crippen LogP contribution in [0.5, 0.6) is 5.75 Å². The van der Waals surface area contributed by atoms with Crippen molar-refractivity contribution in [3.8, 4) is 5.75 Å². The Morgan fingerprint density at radius 3 is 2.35 bits per heavy atom. The molecule has 2 rings (SSSR count). The highest BCUT2D eigenvalue weighted by Gasteiger charge is 2.18. The van der Waals surface area contributed by atoms with Gasteiger partial charge in [-0.2, -0.15) is 0 Å². The van der Waals surface area contributed by atoms with E-state index in [-0.39, 0.29) is 11.9 Å². The number of methoxy groups -OCH3 is 1. The lowest BCUT2D eigenvalue weighted by atomic mass is 9.96. The number of rotatable bonds is 6. The summed E-state index contributed by atoms with van der Waals surface area (Å²) in [5, 5.41) is 3.56. The number of nitrogens with one attached hydrogen (secondary N) is 1. The molecular formula is C19H22ClNO2. The van der Waals surface area contributed by atoms with Gasteiger partial charge in [0.15, 0.2) is 0 Å². The monoisotopic (exact) mass is 331 g/mol. The third kappa shape index (κ3) is 4.73. The maximum Gasteiger partial charge on any atom is 0.253 e. The van der Waals surface area contributed by atoms with E-state index < -0.39 is 0 Å². The van der Waals surface area contributed by atoms with Gasteiger partial charge in [-0.3, -0.25) is 4.79 Å². The molecule has 0 spiro atoms. The molecule has 2 aromatic rings. The first-order chi connectivity index (χ1) is 11.0. The van der Waals surface area contributed by atoms with Crippen LogP contribution in [0, 0.1) is 5.92 Å². The maximum absolute atomic E-state index is 12.5. The molecule has 0 unspecified atom stereocenters. The van der Waals surface area contributed by atoms with Crippen LogP contribution in [0.15, 0.2) is 48.5 Å². The number of benzene rings is 2. The fourth-order valence-electron chi connectivity index (χ4n) is 2.47. The van der Waals surface area contributed by atoms with E-state index in [0.29, 0.717) is 16.5 Å². The summed E-state index contributed by atoms with van der Waals surface area (Å²) in [5.41, 5.74) is 1.55. The van der Waals surface area contributed by atoms with Gasteiger partial charge in [0.25, 0.3) is 5.91 Å². The van der Waals surface area contributed by atoms with Crippen LogP contribution >= 0.6 is 11.6 Å². The van der Waals surface area contributed by atoms with Crippen molar-refractivity contribution in [1.29, 1.82) is 0 Å². The largest absolute Gasteiger partial charge is 0.497 e. The van der Waals surface area contributed by atoms with Crippen molar-refractivity contribution in [3.05, 3.63) is 64.7 Å². The highest BCUT2D eigenvalue weighted by molar-refractivity contribution is 6.33. The van der Waals surface area contributed by atoms with Gasteiger partial charge in [-0.05, 0) is 42.2 Å². The predicted molar refractivity (Wildman–Crippen MR) is 94.1 cm³/mol. The highest BCUT2D eigenvalue weighted by Crippen LogP contribution is 2.25. The third-order valence-corrected chi connectivity index (χ3v) is 3.98. The van der Waals surface area contributed by atoms with Crippen LogP contribution in [0.1, 0.15) is 42.2 Å². The number of amides is 1. The number of carbonyl (C=O) groups is 1. The molecule has 0 aliphatic heterocycles. The summed E-state index contributed by atoms with van der Waals surface area (Å²) in [7, 11) is 1.64. The summed E-state index contributed by atoms with van der Waals surface area (Å²) in [6.07, 6.45) is 0.850. The Kier molecular flexibility index (Phi) is 6.05. The molecule has 23 heavy (non-hydrogen) atoms. The van der Waals surface area contributed by atoms with Crippen LogP contribution in [-0.4, -0.2) is 13.0 Å². The van der Waals surface area contributed by atoms with E-state index in [0.717, 1.165) is 17.7 Å². The molecule has 0 aliphatic rings. The van der Waals surface area contributed by atoms with Crippen molar-refractivity contribution < 1.29 is 9.53 Å². The molecule has 0 radical (unpaired) electrons. The quantitative estimate of drug-likeness (QED) is 0.820. The first-order valence-electron chi connectivity index (χ1n) is 7.70. The molecule has 122 valence electrons. The van der Waals surface area contributed by atoms with Gasteiger partial charge in [-0.15, -0.1) is 0 Å². The molecule has 0 fully saturated rings. The van der Waals surface area contributed by atoms with E-state index in [1.807, 2.05) is 36.4 Å². The second-order valence-electron chi connectivity index (χ2n) is 5.91. The fourth-order valence-corrected chi connectivity index (χ4v) is 2.69. The van der Waals surface area contributed by atoms with Crippen LogP contribution in [0.25, 0.3) is 0 Å². The average molecular weight is 332 g/mol. The second-order valence-corrected chi connectivity index (χ2v) is 6.32. The molecule has 0 saturated heterocycles. The van der Waals surface area contributed by atoms with E-state index in [1.54, 1.807) is 19.2 Å². The Balaban J connectivity index is 2.21. The van der Waals surface area contributed by atoms with E-state index in [1.165, 1.54) is 0 Å². The van der Waals surface area contributed by atoms with Crippen LogP contribution in [0.4, 0.5) is 0 Å². The Morgan fingerprint density at radius 2 is 1.78 bits per heavy atom.